The van der Waals surface area contributed by atoms with Crippen LogP contribution in [0.1, 0.15) is 57.2 Å². The van der Waals surface area contributed by atoms with Crippen LogP contribution in [-0.4, -0.2) is 66.4 Å². The van der Waals surface area contributed by atoms with Crippen LogP contribution < -0.4 is 0 Å². The fourth-order valence-electron chi connectivity index (χ4n) is 5.98. The van der Waals surface area contributed by atoms with Gasteiger partial charge in [0, 0.05) is 32.7 Å². The van der Waals surface area contributed by atoms with Gasteiger partial charge in [0.1, 0.15) is 0 Å². The minimum Gasteiger partial charge on any atom is -0.389 e. The highest BCUT2D eigenvalue weighted by Crippen LogP contribution is 2.35. The third kappa shape index (κ3) is 6.69. The third-order valence-electron chi connectivity index (χ3n) is 7.94. The summed E-state index contributed by atoms with van der Waals surface area (Å²) < 4.78 is 6.32. The van der Waals surface area contributed by atoms with Gasteiger partial charge in [-0.05, 0) is 41.7 Å². The summed E-state index contributed by atoms with van der Waals surface area (Å²) in [5.41, 5.74) is 2.69. The molecular weight excluding hydrogens is 420 g/mol. The highest BCUT2D eigenvalue weighted by atomic mass is 16.5. The maximum absolute atomic E-state index is 10.8. The van der Waals surface area contributed by atoms with Crippen molar-refractivity contribution < 1.29 is 9.84 Å². The lowest BCUT2D eigenvalue weighted by Crippen LogP contribution is -2.50. The third-order valence-corrected chi connectivity index (χ3v) is 7.94. The first-order valence-corrected chi connectivity index (χ1v) is 13.4. The Morgan fingerprint density at radius 2 is 1.47 bits per heavy atom. The van der Waals surface area contributed by atoms with Gasteiger partial charge in [-0.1, -0.05) is 87.9 Å². The van der Waals surface area contributed by atoms with Crippen molar-refractivity contribution >= 4 is 0 Å². The lowest BCUT2D eigenvalue weighted by molar-refractivity contribution is -0.0757. The smallest absolute Gasteiger partial charge is 0.0900 e. The first-order valence-electron chi connectivity index (χ1n) is 13.4. The van der Waals surface area contributed by atoms with E-state index < -0.39 is 6.10 Å². The maximum atomic E-state index is 10.8. The second-order valence-electron chi connectivity index (χ2n) is 10.9. The molecule has 4 unspecified atom stereocenters. The highest BCUT2D eigenvalue weighted by Gasteiger charge is 2.32. The Balaban J connectivity index is 1.29. The minimum absolute atomic E-state index is 0.277. The molecule has 2 aromatic rings. The van der Waals surface area contributed by atoms with Crippen LogP contribution in [0.3, 0.4) is 0 Å². The standard InChI is InChI=1S/C30H44N2O2/c1-23(2)28-15-14-24(3)20-29(28)34-22-27(33)21-31-16-18-32(19-17-31)30(25-10-6-4-7-11-25)26-12-8-5-9-13-26/h4-13,23-24,27-30,33H,14-22H2,1-3H3. The van der Waals surface area contributed by atoms with E-state index in [2.05, 4.69) is 91.2 Å². The zero-order valence-electron chi connectivity index (χ0n) is 21.4. The van der Waals surface area contributed by atoms with E-state index in [1.807, 2.05) is 0 Å². The molecule has 186 valence electrons. The summed E-state index contributed by atoms with van der Waals surface area (Å²) in [4.78, 5) is 4.99. The van der Waals surface area contributed by atoms with Crippen LogP contribution in [0, 0.1) is 17.8 Å². The van der Waals surface area contributed by atoms with Crippen molar-refractivity contribution in [2.24, 2.45) is 17.8 Å². The summed E-state index contributed by atoms with van der Waals surface area (Å²) in [5, 5.41) is 10.8. The predicted molar refractivity (Wildman–Crippen MR) is 140 cm³/mol. The summed E-state index contributed by atoms with van der Waals surface area (Å²) in [5.74, 6) is 2.00. The molecule has 4 rings (SSSR count). The van der Waals surface area contributed by atoms with Gasteiger partial charge in [0.25, 0.3) is 0 Å². The molecule has 0 radical (unpaired) electrons. The van der Waals surface area contributed by atoms with Crippen LogP contribution in [0.2, 0.25) is 0 Å². The van der Waals surface area contributed by atoms with Gasteiger partial charge in [-0.2, -0.15) is 0 Å². The van der Waals surface area contributed by atoms with E-state index in [1.54, 1.807) is 0 Å². The summed E-state index contributed by atoms with van der Waals surface area (Å²) in [6, 6.07) is 21.9. The highest BCUT2D eigenvalue weighted by molar-refractivity contribution is 5.31. The molecule has 1 aliphatic heterocycles. The Hall–Kier alpha value is -1.72. The van der Waals surface area contributed by atoms with Crippen molar-refractivity contribution in [1.29, 1.82) is 0 Å². The summed E-state index contributed by atoms with van der Waals surface area (Å²) >= 11 is 0. The molecule has 4 atom stereocenters. The number of aliphatic hydroxyl groups is 1. The van der Waals surface area contributed by atoms with E-state index in [9.17, 15) is 5.11 Å². The predicted octanol–water partition coefficient (Wildman–Crippen LogP) is 5.23. The SMILES string of the molecule is CC1CCC(C(C)C)C(OCC(O)CN2CCN(C(c3ccccc3)c3ccccc3)CC2)C1. The quantitative estimate of drug-likeness (QED) is 0.551. The van der Waals surface area contributed by atoms with Crippen molar-refractivity contribution in [2.75, 3.05) is 39.3 Å². The molecule has 0 aromatic heterocycles. The second kappa shape index (κ2) is 12.3. The normalized spacial score (nSPS) is 25.6. The number of ether oxygens (including phenoxy) is 1. The minimum atomic E-state index is -0.421. The van der Waals surface area contributed by atoms with E-state index in [0.717, 1.165) is 38.5 Å². The first kappa shape index (κ1) is 25.4. The van der Waals surface area contributed by atoms with Gasteiger partial charge in [0.15, 0.2) is 0 Å². The van der Waals surface area contributed by atoms with Crippen molar-refractivity contribution in [1.82, 2.24) is 9.80 Å². The van der Waals surface area contributed by atoms with Crippen LogP contribution in [0.15, 0.2) is 60.7 Å². The molecule has 2 aliphatic rings. The van der Waals surface area contributed by atoms with E-state index in [1.165, 1.54) is 24.0 Å². The van der Waals surface area contributed by atoms with E-state index in [4.69, 9.17) is 4.74 Å². The Morgan fingerprint density at radius 1 is 0.882 bits per heavy atom. The van der Waals surface area contributed by atoms with Crippen molar-refractivity contribution in [3.8, 4) is 0 Å². The number of hydrogen-bond acceptors (Lipinski definition) is 4. The average molecular weight is 465 g/mol. The zero-order valence-corrected chi connectivity index (χ0v) is 21.4. The van der Waals surface area contributed by atoms with Gasteiger partial charge in [-0.15, -0.1) is 0 Å². The van der Waals surface area contributed by atoms with E-state index in [-0.39, 0.29) is 6.04 Å². The Morgan fingerprint density at radius 3 is 2.03 bits per heavy atom. The molecule has 1 N–H and O–H groups in total. The Bertz CT molecular complexity index is 796. The number of piperazine rings is 1. The lowest BCUT2D eigenvalue weighted by Gasteiger charge is -2.40. The largest absolute Gasteiger partial charge is 0.389 e. The molecule has 2 fully saturated rings. The molecule has 34 heavy (non-hydrogen) atoms. The van der Waals surface area contributed by atoms with E-state index >= 15 is 0 Å². The number of nitrogens with zero attached hydrogens (tertiary/aromatic N) is 2. The molecule has 1 saturated carbocycles. The monoisotopic (exact) mass is 464 g/mol. The summed E-state index contributed by atoms with van der Waals surface area (Å²) in [6.07, 6.45) is 3.58. The molecule has 4 nitrogen and oxygen atoms in total. The first-order chi connectivity index (χ1) is 16.5. The topological polar surface area (TPSA) is 35.9 Å². The molecule has 2 aromatic carbocycles. The van der Waals surface area contributed by atoms with Gasteiger partial charge in [0.2, 0.25) is 0 Å². The lowest BCUT2D eigenvalue weighted by atomic mass is 9.75. The fourth-order valence-corrected chi connectivity index (χ4v) is 5.98. The summed E-state index contributed by atoms with van der Waals surface area (Å²) in [7, 11) is 0. The van der Waals surface area contributed by atoms with Crippen LogP contribution in [0.4, 0.5) is 0 Å². The molecule has 0 spiro atoms. The maximum Gasteiger partial charge on any atom is 0.0900 e. The van der Waals surface area contributed by atoms with Gasteiger partial charge in [-0.3, -0.25) is 9.80 Å². The second-order valence-corrected chi connectivity index (χ2v) is 10.9. The van der Waals surface area contributed by atoms with E-state index in [0.29, 0.717) is 31.1 Å². The van der Waals surface area contributed by atoms with Crippen LogP contribution in [0.5, 0.6) is 0 Å². The van der Waals surface area contributed by atoms with Crippen molar-refractivity contribution in [2.45, 2.75) is 58.3 Å². The van der Waals surface area contributed by atoms with Crippen molar-refractivity contribution in [3.05, 3.63) is 71.8 Å². The zero-order chi connectivity index (χ0) is 23.9. The van der Waals surface area contributed by atoms with Gasteiger partial charge in [-0.25, -0.2) is 0 Å². The number of β-amino-alcohol motifs (C(OH)–C–C–N with tert-alkyl or cyclic N) is 1. The van der Waals surface area contributed by atoms with Crippen molar-refractivity contribution in [3.63, 3.8) is 0 Å². The van der Waals surface area contributed by atoms with Gasteiger partial charge < -0.3 is 9.84 Å². The average Bonchev–Trinajstić information content (AvgIpc) is 2.85. The van der Waals surface area contributed by atoms with Crippen LogP contribution in [0.25, 0.3) is 0 Å². The number of benzene rings is 2. The number of hydrogen-bond donors (Lipinski definition) is 1. The molecule has 4 heteroatoms. The molecule has 0 bridgehead atoms. The fraction of sp³-hybridized carbons (Fsp3) is 0.600. The number of aliphatic hydroxyl groups excluding tert-OH is 1. The molecular formula is C30H44N2O2. The molecule has 1 saturated heterocycles. The van der Waals surface area contributed by atoms with Gasteiger partial charge in [0.05, 0.1) is 24.9 Å². The number of rotatable bonds is 9. The molecule has 1 aliphatic carbocycles. The summed E-state index contributed by atoms with van der Waals surface area (Å²) in [6.45, 7) is 12.1. The van der Waals surface area contributed by atoms with Crippen LogP contribution >= 0.6 is 0 Å². The Kier molecular flexibility index (Phi) is 9.18. The van der Waals surface area contributed by atoms with Crippen LogP contribution in [-0.2, 0) is 4.74 Å². The molecule has 0 amide bonds. The Labute approximate surface area is 206 Å². The van der Waals surface area contributed by atoms with Gasteiger partial charge >= 0.3 is 0 Å². The molecule has 1 heterocycles.